The van der Waals surface area contributed by atoms with E-state index in [1.807, 2.05) is 11.3 Å². The van der Waals surface area contributed by atoms with Gasteiger partial charge in [0.05, 0.1) is 0 Å². The van der Waals surface area contributed by atoms with Gasteiger partial charge in [-0.05, 0) is 129 Å². The highest BCUT2D eigenvalue weighted by molar-refractivity contribution is 7.25. The Kier molecular flexibility index (Phi) is 6.66. The predicted octanol–water partition coefficient (Wildman–Crippen LogP) is 16.0. The van der Waals surface area contributed by atoms with Crippen molar-refractivity contribution < 1.29 is 0 Å². The Hall–Kier alpha value is -6.54. The Bertz CT molecular complexity index is 3390. The molecular formula is C55H36S. The zero-order valence-electron chi connectivity index (χ0n) is 31.2. The fourth-order valence-corrected chi connectivity index (χ4v) is 11.1. The minimum Gasteiger partial charge on any atom is -0.135 e. The first-order valence-corrected chi connectivity index (χ1v) is 20.4. The minimum absolute atomic E-state index is 0.0887. The zero-order valence-corrected chi connectivity index (χ0v) is 32.0. The van der Waals surface area contributed by atoms with Gasteiger partial charge < -0.3 is 0 Å². The third kappa shape index (κ3) is 4.47. The first-order chi connectivity index (χ1) is 27.5. The summed E-state index contributed by atoms with van der Waals surface area (Å²) in [5.74, 6) is 0. The van der Waals surface area contributed by atoms with E-state index in [0.717, 1.165) is 0 Å². The third-order valence-corrected chi connectivity index (χ3v) is 13.8. The number of fused-ring (bicyclic) bond motifs is 11. The normalized spacial score (nSPS) is 13.3. The average Bonchev–Trinajstić information content (AvgIpc) is 3.72. The summed E-state index contributed by atoms with van der Waals surface area (Å²) in [5, 5.41) is 13.0. The largest absolute Gasteiger partial charge is 0.135 e. The highest BCUT2D eigenvalue weighted by atomic mass is 32.1. The lowest BCUT2D eigenvalue weighted by Gasteiger charge is -2.22. The minimum atomic E-state index is -0.0887. The molecule has 1 heteroatoms. The SMILES string of the molecule is CC1(C)c2ccc(-c3cccc(-c4c5ccccc5c(-c5cccc6ccccc56)c5ccccc45)c3)cc2-c2c1ccc1cc3sc4ccccc4c3cc21. The number of hydrogen-bond donors (Lipinski definition) is 0. The van der Waals surface area contributed by atoms with Crippen molar-refractivity contribution in [3.05, 3.63) is 193 Å². The first-order valence-electron chi connectivity index (χ1n) is 19.6. The van der Waals surface area contributed by atoms with Gasteiger partial charge in [-0.15, -0.1) is 11.3 Å². The molecule has 0 fully saturated rings. The maximum Gasteiger partial charge on any atom is 0.0361 e. The summed E-state index contributed by atoms with van der Waals surface area (Å²) in [4.78, 5) is 0. The summed E-state index contributed by atoms with van der Waals surface area (Å²) in [6.07, 6.45) is 0. The van der Waals surface area contributed by atoms with Gasteiger partial charge in [-0.2, -0.15) is 0 Å². The second kappa shape index (κ2) is 11.7. The lowest BCUT2D eigenvalue weighted by atomic mass is 9.81. The van der Waals surface area contributed by atoms with Crippen LogP contribution in [0.25, 0.3) is 108 Å². The van der Waals surface area contributed by atoms with E-state index in [4.69, 9.17) is 0 Å². The smallest absolute Gasteiger partial charge is 0.0361 e. The number of benzene rings is 10. The molecule has 0 unspecified atom stereocenters. The molecule has 0 spiro atoms. The molecule has 1 heterocycles. The summed E-state index contributed by atoms with van der Waals surface area (Å²) in [6.45, 7) is 4.78. The van der Waals surface area contributed by atoms with E-state index in [2.05, 4.69) is 196 Å². The van der Waals surface area contributed by atoms with Gasteiger partial charge in [-0.3, -0.25) is 0 Å². The number of hydrogen-bond acceptors (Lipinski definition) is 1. The van der Waals surface area contributed by atoms with Crippen molar-refractivity contribution in [3.63, 3.8) is 0 Å². The van der Waals surface area contributed by atoms with E-state index in [1.165, 1.54) is 119 Å². The van der Waals surface area contributed by atoms with Crippen LogP contribution in [0.2, 0.25) is 0 Å². The molecule has 0 amide bonds. The van der Waals surface area contributed by atoms with Crippen LogP contribution in [0.5, 0.6) is 0 Å². The first kappa shape index (κ1) is 31.8. The predicted molar refractivity (Wildman–Crippen MR) is 243 cm³/mol. The fraction of sp³-hybridized carbons (Fsp3) is 0.0545. The molecule has 11 aromatic rings. The Balaban J connectivity index is 1.06. The maximum absolute atomic E-state index is 2.47. The summed E-state index contributed by atoms with van der Waals surface area (Å²) < 4.78 is 2.70. The second-order valence-electron chi connectivity index (χ2n) is 16.0. The zero-order chi connectivity index (χ0) is 37.1. The highest BCUT2D eigenvalue weighted by Gasteiger charge is 2.36. The Morgan fingerprint density at radius 1 is 0.321 bits per heavy atom. The lowest BCUT2D eigenvalue weighted by Crippen LogP contribution is -2.14. The lowest BCUT2D eigenvalue weighted by molar-refractivity contribution is 0.661. The van der Waals surface area contributed by atoms with Crippen molar-refractivity contribution >= 4 is 74.6 Å². The molecule has 262 valence electrons. The van der Waals surface area contributed by atoms with Crippen LogP contribution in [0, 0.1) is 0 Å². The van der Waals surface area contributed by atoms with Gasteiger partial charge in [-0.25, -0.2) is 0 Å². The summed E-state index contributed by atoms with van der Waals surface area (Å²) in [7, 11) is 0. The molecule has 56 heavy (non-hydrogen) atoms. The van der Waals surface area contributed by atoms with Crippen LogP contribution >= 0.6 is 11.3 Å². The van der Waals surface area contributed by atoms with Gasteiger partial charge in [0.15, 0.2) is 0 Å². The fourth-order valence-electron chi connectivity index (χ4n) is 10.0. The molecule has 0 aliphatic heterocycles. The Labute approximate surface area is 329 Å². The molecule has 1 aliphatic rings. The molecule has 0 nitrogen and oxygen atoms in total. The summed E-state index contributed by atoms with van der Waals surface area (Å²) in [5.41, 5.74) is 13.0. The molecule has 10 aromatic carbocycles. The van der Waals surface area contributed by atoms with Crippen LogP contribution in [0.4, 0.5) is 0 Å². The van der Waals surface area contributed by atoms with Crippen molar-refractivity contribution in [2.24, 2.45) is 0 Å². The van der Waals surface area contributed by atoms with Crippen molar-refractivity contribution in [1.82, 2.24) is 0 Å². The van der Waals surface area contributed by atoms with Gasteiger partial charge in [0.1, 0.15) is 0 Å². The molecule has 0 saturated heterocycles. The number of thiophene rings is 1. The van der Waals surface area contributed by atoms with Gasteiger partial charge in [0, 0.05) is 25.6 Å². The van der Waals surface area contributed by atoms with Crippen molar-refractivity contribution in [2.75, 3.05) is 0 Å². The summed E-state index contributed by atoms with van der Waals surface area (Å²) in [6, 6.07) is 68.3. The topological polar surface area (TPSA) is 0 Å². The highest BCUT2D eigenvalue weighted by Crippen LogP contribution is 2.53. The van der Waals surface area contributed by atoms with Crippen molar-refractivity contribution in [3.8, 4) is 44.5 Å². The molecule has 1 aliphatic carbocycles. The van der Waals surface area contributed by atoms with Crippen LogP contribution in [-0.4, -0.2) is 0 Å². The molecular weight excluding hydrogens is 693 g/mol. The van der Waals surface area contributed by atoms with E-state index < -0.39 is 0 Å². The third-order valence-electron chi connectivity index (χ3n) is 12.6. The van der Waals surface area contributed by atoms with E-state index in [1.54, 1.807) is 0 Å². The van der Waals surface area contributed by atoms with Crippen LogP contribution in [0.15, 0.2) is 182 Å². The molecule has 0 saturated carbocycles. The second-order valence-corrected chi connectivity index (χ2v) is 17.1. The van der Waals surface area contributed by atoms with E-state index in [0.29, 0.717) is 0 Å². The van der Waals surface area contributed by atoms with Crippen molar-refractivity contribution in [1.29, 1.82) is 0 Å². The Morgan fingerprint density at radius 2 is 0.929 bits per heavy atom. The van der Waals surface area contributed by atoms with E-state index in [9.17, 15) is 0 Å². The van der Waals surface area contributed by atoms with Gasteiger partial charge >= 0.3 is 0 Å². The summed E-state index contributed by atoms with van der Waals surface area (Å²) >= 11 is 1.90. The molecule has 0 bridgehead atoms. The van der Waals surface area contributed by atoms with Gasteiger partial charge in [-0.1, -0.05) is 166 Å². The maximum atomic E-state index is 2.47. The molecule has 1 aromatic heterocycles. The number of rotatable bonds is 3. The quantitative estimate of drug-likeness (QED) is 0.159. The van der Waals surface area contributed by atoms with Gasteiger partial charge in [0.25, 0.3) is 0 Å². The average molecular weight is 729 g/mol. The van der Waals surface area contributed by atoms with Crippen molar-refractivity contribution in [2.45, 2.75) is 19.3 Å². The molecule has 0 radical (unpaired) electrons. The van der Waals surface area contributed by atoms with E-state index in [-0.39, 0.29) is 5.41 Å². The van der Waals surface area contributed by atoms with Crippen LogP contribution in [-0.2, 0) is 5.41 Å². The molecule has 0 atom stereocenters. The Morgan fingerprint density at radius 3 is 1.71 bits per heavy atom. The monoisotopic (exact) mass is 728 g/mol. The van der Waals surface area contributed by atoms with Crippen LogP contribution in [0.3, 0.4) is 0 Å². The van der Waals surface area contributed by atoms with E-state index >= 15 is 0 Å². The van der Waals surface area contributed by atoms with Crippen LogP contribution < -0.4 is 0 Å². The van der Waals surface area contributed by atoms with Gasteiger partial charge in [0.2, 0.25) is 0 Å². The molecule has 12 rings (SSSR count). The molecule has 0 N–H and O–H groups in total. The standard InChI is InChI=1S/C55H36S/c1-55(2)48-27-25-35(30-47(48)54-45-32-46-39-18-9-10-24-50(39)56-51(46)31-36(45)26-28-49(54)55)34-15-11-16-37(29-34)52-41-19-5-7-21-43(41)53(44-22-8-6-20-42(44)52)40-23-12-14-33-13-3-4-17-38(33)40/h3-32H,1-2H3. The van der Waals surface area contributed by atoms with Crippen LogP contribution in [0.1, 0.15) is 25.0 Å².